The Morgan fingerprint density at radius 2 is 2.17 bits per heavy atom. The molecule has 0 radical (unpaired) electrons. The number of hydrogen-bond donors (Lipinski definition) is 0. The van der Waals surface area contributed by atoms with Gasteiger partial charge in [-0.05, 0) is 31.4 Å². The number of furan rings is 1. The first-order valence-corrected chi connectivity index (χ1v) is 8.94. The lowest BCUT2D eigenvalue weighted by Crippen LogP contribution is -2.31. The van der Waals surface area contributed by atoms with E-state index in [0.717, 1.165) is 25.9 Å². The Morgan fingerprint density at radius 3 is 2.87 bits per heavy atom. The van der Waals surface area contributed by atoms with Gasteiger partial charge in [0.2, 0.25) is 5.91 Å². The summed E-state index contributed by atoms with van der Waals surface area (Å²) in [6.07, 6.45) is 6.56. The van der Waals surface area contributed by atoms with Crippen LogP contribution in [0.25, 0.3) is 6.08 Å². The lowest BCUT2D eigenvalue weighted by molar-refractivity contribution is -0.130. The summed E-state index contributed by atoms with van der Waals surface area (Å²) in [4.78, 5) is 28.5. The van der Waals surface area contributed by atoms with Crippen LogP contribution in [-0.2, 0) is 9.59 Å². The average molecular weight is 350 g/mol. The molecule has 0 bridgehead atoms. The maximum Gasteiger partial charge on any atom is 0.266 e. The summed E-state index contributed by atoms with van der Waals surface area (Å²) >= 11 is 6.56. The number of thiocarbonyl (C=S) groups is 1. The topological polar surface area (TPSA) is 53.8 Å². The zero-order valence-corrected chi connectivity index (χ0v) is 14.3. The van der Waals surface area contributed by atoms with Crippen LogP contribution in [0.15, 0.2) is 27.7 Å². The van der Waals surface area contributed by atoms with Crippen LogP contribution in [0.4, 0.5) is 0 Å². The monoisotopic (exact) mass is 350 g/mol. The van der Waals surface area contributed by atoms with Crippen LogP contribution >= 0.6 is 24.0 Å². The molecule has 122 valence electrons. The number of carbonyl (C=O) groups is 2. The van der Waals surface area contributed by atoms with Crippen LogP contribution in [0.3, 0.4) is 0 Å². The predicted octanol–water partition coefficient (Wildman–Crippen LogP) is 2.88. The summed E-state index contributed by atoms with van der Waals surface area (Å²) in [7, 11) is 0. The number of thioether (sulfide) groups is 1. The zero-order valence-electron chi connectivity index (χ0n) is 12.7. The molecule has 23 heavy (non-hydrogen) atoms. The van der Waals surface area contributed by atoms with Crippen molar-refractivity contribution in [3.8, 4) is 0 Å². The minimum absolute atomic E-state index is 0.106. The summed E-state index contributed by atoms with van der Waals surface area (Å²) < 4.78 is 5.77. The fourth-order valence-electron chi connectivity index (χ4n) is 2.71. The highest BCUT2D eigenvalue weighted by Crippen LogP contribution is 2.32. The van der Waals surface area contributed by atoms with Crippen molar-refractivity contribution in [3.63, 3.8) is 0 Å². The molecule has 1 aromatic heterocycles. The first kappa shape index (κ1) is 16.3. The summed E-state index contributed by atoms with van der Waals surface area (Å²) in [5.74, 6) is 0.707. The van der Waals surface area contributed by atoms with E-state index in [0.29, 0.717) is 34.4 Å². The molecule has 2 amide bonds. The fraction of sp³-hybridized carbons (Fsp3) is 0.438. The van der Waals surface area contributed by atoms with Gasteiger partial charge in [0.1, 0.15) is 10.1 Å². The molecule has 0 N–H and O–H groups in total. The second-order valence-electron chi connectivity index (χ2n) is 5.54. The van der Waals surface area contributed by atoms with Crippen molar-refractivity contribution >= 4 is 46.2 Å². The average Bonchev–Trinajstić information content (AvgIpc) is 3.26. The first-order valence-electron chi connectivity index (χ1n) is 7.72. The Bertz CT molecular complexity index is 634. The molecule has 2 fully saturated rings. The van der Waals surface area contributed by atoms with Crippen molar-refractivity contribution in [2.75, 3.05) is 19.6 Å². The molecule has 2 saturated heterocycles. The van der Waals surface area contributed by atoms with E-state index in [4.69, 9.17) is 16.6 Å². The molecule has 0 atom stereocenters. The van der Waals surface area contributed by atoms with E-state index in [1.54, 1.807) is 29.4 Å². The number of hydrogen-bond acceptors (Lipinski definition) is 5. The van der Waals surface area contributed by atoms with Crippen LogP contribution in [0.5, 0.6) is 0 Å². The zero-order chi connectivity index (χ0) is 16.2. The quantitative estimate of drug-likeness (QED) is 0.604. The predicted molar refractivity (Wildman–Crippen MR) is 93.6 cm³/mol. The van der Waals surface area contributed by atoms with Gasteiger partial charge in [-0.2, -0.15) is 0 Å². The fourth-order valence-corrected chi connectivity index (χ4v) is 4.00. The number of amides is 2. The standard InChI is InChI=1S/C16H18N2O3S2/c19-14(17-7-1-2-8-17)6-3-9-18-15(20)13(23-16(18)22)11-12-5-4-10-21-12/h4-5,10-11H,1-3,6-9H2/b13-11+. The van der Waals surface area contributed by atoms with Gasteiger partial charge in [-0.25, -0.2) is 0 Å². The van der Waals surface area contributed by atoms with Crippen LogP contribution < -0.4 is 0 Å². The number of likely N-dealkylation sites (tertiary alicyclic amines) is 1. The second-order valence-corrected chi connectivity index (χ2v) is 7.22. The molecule has 1 aromatic rings. The van der Waals surface area contributed by atoms with Gasteiger partial charge in [-0.1, -0.05) is 24.0 Å². The number of rotatable bonds is 5. The van der Waals surface area contributed by atoms with Crippen molar-refractivity contribution in [2.24, 2.45) is 0 Å². The maximum absolute atomic E-state index is 12.4. The molecule has 3 heterocycles. The molecule has 2 aliphatic heterocycles. The highest BCUT2D eigenvalue weighted by molar-refractivity contribution is 8.26. The third-order valence-corrected chi connectivity index (χ3v) is 5.30. The minimum Gasteiger partial charge on any atom is -0.465 e. The number of carbonyl (C=O) groups excluding carboxylic acids is 2. The van der Waals surface area contributed by atoms with E-state index in [-0.39, 0.29) is 11.8 Å². The molecular formula is C16H18N2O3S2. The van der Waals surface area contributed by atoms with E-state index in [1.807, 2.05) is 4.90 Å². The molecule has 0 aromatic carbocycles. The van der Waals surface area contributed by atoms with Gasteiger partial charge in [0.15, 0.2) is 0 Å². The Balaban J connectivity index is 1.53. The molecular weight excluding hydrogens is 332 g/mol. The van der Waals surface area contributed by atoms with Crippen molar-refractivity contribution in [1.29, 1.82) is 0 Å². The number of nitrogens with zero attached hydrogens (tertiary/aromatic N) is 2. The van der Waals surface area contributed by atoms with Gasteiger partial charge in [-0.3, -0.25) is 14.5 Å². The third kappa shape index (κ3) is 3.84. The van der Waals surface area contributed by atoms with E-state index in [1.165, 1.54) is 11.8 Å². The molecule has 2 aliphatic rings. The first-order chi connectivity index (χ1) is 11.1. The molecule has 5 nitrogen and oxygen atoms in total. The van der Waals surface area contributed by atoms with Crippen molar-refractivity contribution in [3.05, 3.63) is 29.1 Å². The molecule has 3 rings (SSSR count). The Hall–Kier alpha value is -1.60. The third-order valence-electron chi connectivity index (χ3n) is 3.92. The van der Waals surface area contributed by atoms with E-state index in [9.17, 15) is 9.59 Å². The Kier molecular flexibility index (Phi) is 5.17. The second kappa shape index (κ2) is 7.31. The molecule has 0 saturated carbocycles. The van der Waals surface area contributed by atoms with Gasteiger partial charge in [0, 0.05) is 32.1 Å². The van der Waals surface area contributed by atoms with E-state index >= 15 is 0 Å². The minimum atomic E-state index is -0.106. The highest BCUT2D eigenvalue weighted by Gasteiger charge is 2.32. The largest absolute Gasteiger partial charge is 0.465 e. The molecule has 7 heteroatoms. The van der Waals surface area contributed by atoms with Crippen molar-refractivity contribution in [1.82, 2.24) is 9.80 Å². The van der Waals surface area contributed by atoms with Crippen LogP contribution in [0.2, 0.25) is 0 Å². The summed E-state index contributed by atoms with van der Waals surface area (Å²) in [5.41, 5.74) is 0. The molecule has 0 unspecified atom stereocenters. The van der Waals surface area contributed by atoms with Crippen LogP contribution in [-0.4, -0.2) is 45.6 Å². The smallest absolute Gasteiger partial charge is 0.266 e. The lowest BCUT2D eigenvalue weighted by atomic mass is 10.2. The molecule has 0 spiro atoms. The van der Waals surface area contributed by atoms with Gasteiger partial charge in [0.25, 0.3) is 5.91 Å². The highest BCUT2D eigenvalue weighted by atomic mass is 32.2. The van der Waals surface area contributed by atoms with Gasteiger partial charge in [0.05, 0.1) is 11.2 Å². The van der Waals surface area contributed by atoms with Gasteiger partial charge in [-0.15, -0.1) is 0 Å². The summed E-state index contributed by atoms with van der Waals surface area (Å²) in [6.45, 7) is 2.22. The van der Waals surface area contributed by atoms with Gasteiger partial charge >= 0.3 is 0 Å². The van der Waals surface area contributed by atoms with Gasteiger partial charge < -0.3 is 9.32 Å². The SMILES string of the molecule is O=C(CCCN1C(=O)/C(=C\c2ccco2)SC1=S)N1CCCC1. The Morgan fingerprint density at radius 1 is 1.39 bits per heavy atom. The lowest BCUT2D eigenvalue weighted by Gasteiger charge is -2.17. The van der Waals surface area contributed by atoms with Crippen molar-refractivity contribution in [2.45, 2.75) is 25.7 Å². The van der Waals surface area contributed by atoms with Crippen molar-refractivity contribution < 1.29 is 14.0 Å². The van der Waals surface area contributed by atoms with Crippen LogP contribution in [0.1, 0.15) is 31.4 Å². The van der Waals surface area contributed by atoms with Crippen LogP contribution in [0, 0.1) is 0 Å². The summed E-state index contributed by atoms with van der Waals surface area (Å²) in [6, 6.07) is 3.57. The normalized spacial score (nSPS) is 20.1. The summed E-state index contributed by atoms with van der Waals surface area (Å²) in [5, 5.41) is 0. The Labute approximate surface area is 144 Å². The van der Waals surface area contributed by atoms with E-state index in [2.05, 4.69) is 0 Å². The maximum atomic E-state index is 12.4. The van der Waals surface area contributed by atoms with E-state index < -0.39 is 0 Å². The molecule has 0 aliphatic carbocycles.